The first-order chi connectivity index (χ1) is 13.6. The molecule has 7 nitrogen and oxygen atoms in total. The van der Waals surface area contributed by atoms with Crippen LogP contribution in [0.25, 0.3) is 0 Å². The third-order valence-electron chi connectivity index (χ3n) is 4.50. The van der Waals surface area contributed by atoms with Crippen molar-refractivity contribution in [1.82, 2.24) is 5.32 Å². The number of ether oxygens (including phenoxy) is 2. The van der Waals surface area contributed by atoms with Crippen LogP contribution in [0.15, 0.2) is 42.5 Å². The Balaban J connectivity index is 1.99. The number of amides is 1. The van der Waals surface area contributed by atoms with Gasteiger partial charge in [-0.2, -0.15) is 0 Å². The maximum atomic E-state index is 12.5. The Labute approximate surface area is 172 Å². The van der Waals surface area contributed by atoms with Gasteiger partial charge in [0.15, 0.2) is 0 Å². The Morgan fingerprint density at radius 1 is 1.10 bits per heavy atom. The highest BCUT2D eigenvalue weighted by Crippen LogP contribution is 2.24. The lowest BCUT2D eigenvalue weighted by atomic mass is 10.1. The van der Waals surface area contributed by atoms with E-state index in [1.165, 1.54) is 0 Å². The molecule has 0 heterocycles. The maximum absolute atomic E-state index is 12.5. The Kier molecular flexibility index (Phi) is 7.50. The number of methoxy groups -OCH3 is 1. The van der Waals surface area contributed by atoms with E-state index in [9.17, 15) is 13.2 Å². The molecule has 0 saturated carbocycles. The standard InChI is InChI=1S/C21H28N2O5S/c1-15-7-6-8-20(17(15)3)23(29(5,25)26)13-21(24)22-16(2)14-28-19-11-9-18(27-4)10-12-19/h6-12,16H,13-14H2,1-5H3,(H,22,24)/t16-/m0/s1. The fraction of sp³-hybridized carbons (Fsp3) is 0.381. The van der Waals surface area contributed by atoms with E-state index in [1.54, 1.807) is 50.4 Å². The summed E-state index contributed by atoms with van der Waals surface area (Å²) < 4.78 is 36.5. The van der Waals surface area contributed by atoms with Crippen molar-refractivity contribution in [1.29, 1.82) is 0 Å². The van der Waals surface area contributed by atoms with Crippen LogP contribution in [0.1, 0.15) is 18.1 Å². The smallest absolute Gasteiger partial charge is 0.241 e. The number of anilines is 1. The number of hydrogen-bond acceptors (Lipinski definition) is 5. The molecule has 158 valence electrons. The van der Waals surface area contributed by atoms with E-state index in [4.69, 9.17) is 9.47 Å². The highest BCUT2D eigenvalue weighted by atomic mass is 32.2. The summed E-state index contributed by atoms with van der Waals surface area (Å²) in [6, 6.07) is 12.2. The van der Waals surface area contributed by atoms with Crippen molar-refractivity contribution in [3.63, 3.8) is 0 Å². The van der Waals surface area contributed by atoms with E-state index < -0.39 is 15.9 Å². The predicted molar refractivity (Wildman–Crippen MR) is 114 cm³/mol. The monoisotopic (exact) mass is 420 g/mol. The van der Waals surface area contributed by atoms with Crippen LogP contribution in [0, 0.1) is 13.8 Å². The molecule has 0 radical (unpaired) electrons. The Bertz CT molecular complexity index is 942. The average Bonchev–Trinajstić information content (AvgIpc) is 2.66. The van der Waals surface area contributed by atoms with Crippen LogP contribution in [0.3, 0.4) is 0 Å². The molecule has 0 spiro atoms. The molecular weight excluding hydrogens is 392 g/mol. The van der Waals surface area contributed by atoms with E-state index in [2.05, 4.69) is 5.32 Å². The quantitative estimate of drug-likeness (QED) is 0.674. The summed E-state index contributed by atoms with van der Waals surface area (Å²) >= 11 is 0. The van der Waals surface area contributed by atoms with E-state index in [0.29, 0.717) is 11.4 Å². The van der Waals surface area contributed by atoms with Gasteiger partial charge in [-0.25, -0.2) is 8.42 Å². The molecule has 0 aliphatic carbocycles. The lowest BCUT2D eigenvalue weighted by Gasteiger charge is -2.25. The van der Waals surface area contributed by atoms with Crippen LogP contribution in [0.5, 0.6) is 11.5 Å². The summed E-state index contributed by atoms with van der Waals surface area (Å²) in [6.07, 6.45) is 1.10. The Hall–Kier alpha value is -2.74. The molecule has 0 bridgehead atoms. The van der Waals surface area contributed by atoms with Gasteiger partial charge in [0, 0.05) is 0 Å². The van der Waals surface area contributed by atoms with Crippen molar-refractivity contribution >= 4 is 21.6 Å². The van der Waals surface area contributed by atoms with Crippen LogP contribution in [-0.2, 0) is 14.8 Å². The van der Waals surface area contributed by atoms with Gasteiger partial charge in [0.2, 0.25) is 15.9 Å². The second-order valence-corrected chi connectivity index (χ2v) is 8.85. The van der Waals surface area contributed by atoms with Gasteiger partial charge in [-0.1, -0.05) is 12.1 Å². The number of benzene rings is 2. The van der Waals surface area contributed by atoms with E-state index in [0.717, 1.165) is 27.4 Å². The minimum Gasteiger partial charge on any atom is -0.497 e. The third-order valence-corrected chi connectivity index (χ3v) is 5.63. The van der Waals surface area contributed by atoms with Crippen LogP contribution < -0.4 is 19.1 Å². The number of aryl methyl sites for hydroxylation is 1. The summed E-state index contributed by atoms with van der Waals surface area (Å²) in [5.41, 5.74) is 2.28. The van der Waals surface area contributed by atoms with Gasteiger partial charge < -0.3 is 14.8 Å². The first-order valence-electron chi connectivity index (χ1n) is 9.22. The lowest BCUT2D eigenvalue weighted by Crippen LogP contribution is -2.45. The zero-order chi connectivity index (χ0) is 21.6. The highest BCUT2D eigenvalue weighted by Gasteiger charge is 2.23. The molecule has 29 heavy (non-hydrogen) atoms. The molecule has 0 aromatic heterocycles. The molecule has 1 N–H and O–H groups in total. The number of sulfonamides is 1. The minimum absolute atomic E-state index is 0.250. The molecule has 0 aliphatic heterocycles. The van der Waals surface area contributed by atoms with Gasteiger partial charge in [-0.05, 0) is 62.2 Å². The summed E-state index contributed by atoms with van der Waals surface area (Å²) in [4.78, 5) is 12.5. The van der Waals surface area contributed by atoms with Crippen molar-refractivity contribution in [2.45, 2.75) is 26.8 Å². The topological polar surface area (TPSA) is 84.9 Å². The van der Waals surface area contributed by atoms with Gasteiger partial charge in [-0.3, -0.25) is 9.10 Å². The fourth-order valence-electron chi connectivity index (χ4n) is 2.77. The SMILES string of the molecule is COc1ccc(OC[C@H](C)NC(=O)CN(c2cccc(C)c2C)S(C)(=O)=O)cc1. The predicted octanol–water partition coefficient (Wildman–Crippen LogP) is 2.66. The van der Waals surface area contributed by atoms with E-state index in [1.807, 2.05) is 19.9 Å². The van der Waals surface area contributed by atoms with Gasteiger partial charge in [0.05, 0.1) is 25.1 Å². The summed E-state index contributed by atoms with van der Waals surface area (Å²) in [5.74, 6) is 0.980. The largest absolute Gasteiger partial charge is 0.497 e. The molecule has 1 amide bonds. The molecule has 2 rings (SSSR count). The normalized spacial score (nSPS) is 12.2. The van der Waals surface area contributed by atoms with Crippen LogP contribution >= 0.6 is 0 Å². The zero-order valence-electron chi connectivity index (χ0n) is 17.4. The van der Waals surface area contributed by atoms with Gasteiger partial charge >= 0.3 is 0 Å². The van der Waals surface area contributed by atoms with Gasteiger partial charge in [-0.15, -0.1) is 0 Å². The molecule has 0 saturated heterocycles. The molecule has 0 aliphatic rings. The zero-order valence-corrected chi connectivity index (χ0v) is 18.2. The molecule has 2 aromatic carbocycles. The molecule has 2 aromatic rings. The van der Waals surface area contributed by atoms with Crippen molar-refractivity contribution in [3.05, 3.63) is 53.6 Å². The second kappa shape index (κ2) is 9.65. The number of rotatable bonds is 9. The van der Waals surface area contributed by atoms with E-state index in [-0.39, 0.29) is 19.2 Å². The maximum Gasteiger partial charge on any atom is 0.241 e. The summed E-state index contributed by atoms with van der Waals surface area (Å²) in [5, 5.41) is 2.78. The van der Waals surface area contributed by atoms with Crippen molar-refractivity contribution in [2.75, 3.05) is 30.8 Å². The van der Waals surface area contributed by atoms with Crippen molar-refractivity contribution in [3.8, 4) is 11.5 Å². The van der Waals surface area contributed by atoms with Crippen LogP contribution in [0.4, 0.5) is 5.69 Å². The highest BCUT2D eigenvalue weighted by molar-refractivity contribution is 7.92. The third kappa shape index (κ3) is 6.39. The molecule has 8 heteroatoms. The number of hydrogen-bond donors (Lipinski definition) is 1. The summed E-state index contributed by atoms with van der Waals surface area (Å²) in [6.45, 7) is 5.49. The first kappa shape index (κ1) is 22.5. The van der Waals surface area contributed by atoms with Crippen molar-refractivity contribution < 1.29 is 22.7 Å². The second-order valence-electron chi connectivity index (χ2n) is 6.94. The van der Waals surface area contributed by atoms with Crippen molar-refractivity contribution in [2.24, 2.45) is 0 Å². The van der Waals surface area contributed by atoms with Gasteiger partial charge in [0.1, 0.15) is 24.7 Å². The van der Waals surface area contributed by atoms with E-state index >= 15 is 0 Å². The number of nitrogens with zero attached hydrogens (tertiary/aromatic N) is 1. The molecule has 0 fully saturated rings. The number of carbonyl (C=O) groups is 1. The van der Waals surface area contributed by atoms with Crippen LogP contribution in [0.2, 0.25) is 0 Å². The fourth-order valence-corrected chi connectivity index (χ4v) is 3.68. The average molecular weight is 421 g/mol. The number of nitrogens with one attached hydrogen (secondary N) is 1. The van der Waals surface area contributed by atoms with Gasteiger partial charge in [0.25, 0.3) is 0 Å². The Morgan fingerprint density at radius 3 is 2.31 bits per heavy atom. The lowest BCUT2D eigenvalue weighted by molar-refractivity contribution is -0.120. The first-order valence-corrected chi connectivity index (χ1v) is 11.1. The summed E-state index contributed by atoms with van der Waals surface area (Å²) in [7, 11) is -2.03. The molecule has 0 unspecified atom stereocenters. The van der Waals surface area contributed by atoms with Crippen LogP contribution in [-0.4, -0.2) is 46.9 Å². The molecule has 1 atom stereocenters. The molecular formula is C21H28N2O5S. The Morgan fingerprint density at radius 2 is 1.72 bits per heavy atom. The number of carbonyl (C=O) groups excluding carboxylic acids is 1. The minimum atomic E-state index is -3.62.